The minimum absolute atomic E-state index is 0.0192. The third-order valence-electron chi connectivity index (χ3n) is 7.34. The largest absolute Gasteiger partial charge is 0.447 e. The van der Waals surface area contributed by atoms with Gasteiger partial charge < -0.3 is 19.1 Å². The standard InChI is InChI=1S/C23H36ClFN2O4/c1-14(22(28)27(2)20-6-4-3-5-18(20)25)29-16-8-10-17(11-9-16)30-23-26-19-12-7-15(24)13-21(19)31-23/h14-21H,3-13H2,1-2H3/t14-,15?,16?,17?,18?,19?,20?,21?/m1/s1. The molecule has 0 spiro atoms. The predicted octanol–water partition coefficient (Wildman–Crippen LogP) is 4.37. The van der Waals surface area contributed by atoms with Gasteiger partial charge in [-0.2, -0.15) is 0 Å². The van der Waals surface area contributed by atoms with Crippen molar-refractivity contribution in [3.8, 4) is 0 Å². The van der Waals surface area contributed by atoms with Crippen molar-refractivity contribution in [2.24, 2.45) is 4.99 Å². The molecule has 0 bridgehead atoms. The van der Waals surface area contributed by atoms with E-state index in [1.54, 1.807) is 18.9 Å². The van der Waals surface area contributed by atoms with Crippen molar-refractivity contribution >= 4 is 23.6 Å². The fourth-order valence-corrected chi connectivity index (χ4v) is 5.72. The normalized spacial score (nSPS) is 39.1. The van der Waals surface area contributed by atoms with Gasteiger partial charge in [0, 0.05) is 18.8 Å². The van der Waals surface area contributed by atoms with Gasteiger partial charge in [-0.05, 0) is 58.3 Å². The first-order valence-corrected chi connectivity index (χ1v) is 12.5. The van der Waals surface area contributed by atoms with Gasteiger partial charge in [0.1, 0.15) is 24.5 Å². The van der Waals surface area contributed by atoms with Gasteiger partial charge >= 0.3 is 6.08 Å². The van der Waals surface area contributed by atoms with Crippen LogP contribution in [0.3, 0.4) is 0 Å². The van der Waals surface area contributed by atoms with Crippen LogP contribution in [0.25, 0.3) is 0 Å². The van der Waals surface area contributed by atoms with Crippen LogP contribution in [-0.2, 0) is 19.0 Å². The summed E-state index contributed by atoms with van der Waals surface area (Å²) in [5, 5.41) is 0.168. The number of likely N-dealkylation sites (N-methyl/N-ethyl adjacent to an activating group) is 1. The second-order valence-corrected chi connectivity index (χ2v) is 10.3. The number of ether oxygens (including phenoxy) is 3. The fraction of sp³-hybridized carbons (Fsp3) is 0.913. The number of nitrogens with zero attached hydrogens (tertiary/aromatic N) is 2. The number of rotatable bonds is 5. The van der Waals surface area contributed by atoms with Crippen molar-refractivity contribution in [3.05, 3.63) is 0 Å². The van der Waals surface area contributed by atoms with Gasteiger partial charge in [-0.1, -0.05) is 12.8 Å². The molecule has 0 N–H and O–H groups in total. The molecule has 4 rings (SSSR count). The summed E-state index contributed by atoms with van der Waals surface area (Å²) < 4.78 is 32.2. The molecular weight excluding hydrogens is 423 g/mol. The first-order chi connectivity index (χ1) is 14.9. The minimum atomic E-state index is -0.928. The molecule has 3 saturated carbocycles. The van der Waals surface area contributed by atoms with E-state index in [4.69, 9.17) is 25.8 Å². The van der Waals surface area contributed by atoms with Gasteiger partial charge in [0.15, 0.2) is 0 Å². The lowest BCUT2D eigenvalue weighted by molar-refractivity contribution is -0.151. The van der Waals surface area contributed by atoms with Gasteiger partial charge in [0.25, 0.3) is 5.91 Å². The van der Waals surface area contributed by atoms with E-state index < -0.39 is 12.3 Å². The van der Waals surface area contributed by atoms with Crippen LogP contribution in [0.4, 0.5) is 4.39 Å². The molecule has 176 valence electrons. The monoisotopic (exact) mass is 458 g/mol. The van der Waals surface area contributed by atoms with Crippen molar-refractivity contribution in [1.82, 2.24) is 4.90 Å². The molecule has 5 unspecified atom stereocenters. The topological polar surface area (TPSA) is 60.4 Å². The van der Waals surface area contributed by atoms with E-state index in [0.717, 1.165) is 64.2 Å². The number of carbonyl (C=O) groups is 1. The Kier molecular flexibility index (Phi) is 7.63. The smallest absolute Gasteiger partial charge is 0.384 e. The number of alkyl halides is 2. The van der Waals surface area contributed by atoms with E-state index in [1.165, 1.54) is 0 Å². The van der Waals surface area contributed by atoms with Crippen LogP contribution in [0.1, 0.15) is 77.6 Å². The SMILES string of the molecule is C[C@@H](OC1CCC(OC2=NC3CCC(Cl)CC3O2)CC1)C(=O)N(C)C1CCCCC1F. The Morgan fingerprint density at radius 1 is 1.13 bits per heavy atom. The molecule has 1 amide bonds. The summed E-state index contributed by atoms with van der Waals surface area (Å²) in [5.41, 5.74) is 0. The van der Waals surface area contributed by atoms with Gasteiger partial charge in [-0.15, -0.1) is 11.6 Å². The van der Waals surface area contributed by atoms with Gasteiger partial charge in [-0.3, -0.25) is 4.79 Å². The summed E-state index contributed by atoms with van der Waals surface area (Å²) in [6.07, 6.45) is 8.32. The summed E-state index contributed by atoms with van der Waals surface area (Å²) in [6.45, 7) is 1.78. The molecule has 4 aliphatic rings. The van der Waals surface area contributed by atoms with Crippen LogP contribution in [-0.4, -0.2) is 72.0 Å². The van der Waals surface area contributed by atoms with E-state index in [9.17, 15) is 9.18 Å². The Labute approximate surface area is 189 Å². The Bertz CT molecular complexity index is 657. The van der Waals surface area contributed by atoms with E-state index in [2.05, 4.69) is 4.99 Å². The molecule has 1 aliphatic heterocycles. The molecule has 3 aliphatic carbocycles. The van der Waals surface area contributed by atoms with Gasteiger partial charge in [0.05, 0.1) is 18.2 Å². The Morgan fingerprint density at radius 3 is 2.58 bits per heavy atom. The fourth-order valence-electron chi connectivity index (χ4n) is 5.42. The zero-order valence-electron chi connectivity index (χ0n) is 18.7. The summed E-state index contributed by atoms with van der Waals surface area (Å²) in [5.74, 6) is -0.123. The molecule has 0 aromatic carbocycles. The lowest BCUT2D eigenvalue weighted by Gasteiger charge is -2.36. The second-order valence-electron chi connectivity index (χ2n) is 9.64. The van der Waals surface area contributed by atoms with Crippen LogP contribution in [0, 0.1) is 0 Å². The molecule has 0 aromatic heterocycles. The molecule has 0 saturated heterocycles. The Hall–Kier alpha value is -1.08. The van der Waals surface area contributed by atoms with Crippen molar-refractivity contribution in [2.75, 3.05) is 7.05 Å². The Morgan fingerprint density at radius 2 is 1.84 bits per heavy atom. The molecule has 31 heavy (non-hydrogen) atoms. The maximum absolute atomic E-state index is 14.2. The minimum Gasteiger partial charge on any atom is -0.447 e. The molecule has 1 heterocycles. The lowest BCUT2D eigenvalue weighted by Crippen LogP contribution is -2.49. The highest BCUT2D eigenvalue weighted by Crippen LogP contribution is 2.33. The number of hydrogen-bond donors (Lipinski definition) is 0. The molecule has 8 heteroatoms. The van der Waals surface area contributed by atoms with E-state index in [1.807, 2.05) is 0 Å². The number of fused-ring (bicyclic) bond motifs is 1. The van der Waals surface area contributed by atoms with E-state index >= 15 is 0 Å². The molecule has 0 radical (unpaired) electrons. The lowest BCUT2D eigenvalue weighted by atomic mass is 9.92. The van der Waals surface area contributed by atoms with Crippen LogP contribution >= 0.6 is 11.6 Å². The van der Waals surface area contributed by atoms with Crippen molar-refractivity contribution in [1.29, 1.82) is 0 Å². The maximum atomic E-state index is 14.2. The highest BCUT2D eigenvalue weighted by molar-refractivity contribution is 6.20. The summed E-state index contributed by atoms with van der Waals surface area (Å²) in [6, 6.07) is -0.136. The van der Waals surface area contributed by atoms with Crippen LogP contribution in [0.15, 0.2) is 4.99 Å². The zero-order valence-corrected chi connectivity index (χ0v) is 19.4. The first-order valence-electron chi connectivity index (χ1n) is 12.0. The molecule has 0 aromatic rings. The van der Waals surface area contributed by atoms with Crippen LogP contribution < -0.4 is 0 Å². The highest BCUT2D eigenvalue weighted by atomic mass is 35.5. The van der Waals surface area contributed by atoms with Crippen LogP contribution in [0.2, 0.25) is 0 Å². The molecule has 6 nitrogen and oxygen atoms in total. The number of aliphatic imine (C=N–C) groups is 1. The van der Waals surface area contributed by atoms with Gasteiger partial charge in [0.2, 0.25) is 0 Å². The number of carbonyl (C=O) groups excluding carboxylic acids is 1. The Balaban J connectivity index is 1.19. The predicted molar refractivity (Wildman–Crippen MR) is 117 cm³/mol. The highest BCUT2D eigenvalue weighted by Gasteiger charge is 2.39. The average molecular weight is 459 g/mol. The summed E-state index contributed by atoms with van der Waals surface area (Å²) in [4.78, 5) is 18.9. The van der Waals surface area contributed by atoms with Crippen molar-refractivity contribution < 1.29 is 23.4 Å². The number of halogens is 2. The number of hydrogen-bond acceptors (Lipinski definition) is 5. The van der Waals surface area contributed by atoms with E-state index in [0.29, 0.717) is 12.5 Å². The first kappa shape index (κ1) is 23.1. The average Bonchev–Trinajstić information content (AvgIpc) is 3.15. The summed E-state index contributed by atoms with van der Waals surface area (Å²) in [7, 11) is 1.71. The van der Waals surface area contributed by atoms with Crippen LogP contribution in [0.5, 0.6) is 0 Å². The third kappa shape index (κ3) is 5.65. The molecule has 6 atom stereocenters. The molecular formula is C23H36ClFN2O4. The quantitative estimate of drug-likeness (QED) is 0.574. The third-order valence-corrected chi connectivity index (χ3v) is 7.74. The zero-order chi connectivity index (χ0) is 22.0. The second kappa shape index (κ2) is 10.2. The number of amides is 1. The van der Waals surface area contributed by atoms with E-state index in [-0.39, 0.29) is 41.7 Å². The molecule has 3 fully saturated rings. The maximum Gasteiger partial charge on any atom is 0.384 e. The van der Waals surface area contributed by atoms with Gasteiger partial charge in [-0.25, -0.2) is 9.38 Å². The summed E-state index contributed by atoms with van der Waals surface area (Å²) >= 11 is 6.24. The van der Waals surface area contributed by atoms with Crippen molar-refractivity contribution in [3.63, 3.8) is 0 Å². The van der Waals surface area contributed by atoms with Crippen molar-refractivity contribution in [2.45, 2.75) is 126 Å².